The van der Waals surface area contributed by atoms with E-state index in [4.69, 9.17) is 18.8 Å². The number of carbonyl (C=O) groups excluding carboxylic acids is 1. The van der Waals surface area contributed by atoms with Crippen LogP contribution in [0.15, 0.2) is 72.2 Å². The summed E-state index contributed by atoms with van der Waals surface area (Å²) in [5.74, 6) is 0.639. The van der Waals surface area contributed by atoms with E-state index in [-0.39, 0.29) is 24.8 Å². The van der Waals surface area contributed by atoms with Crippen molar-refractivity contribution in [2.45, 2.75) is 44.8 Å². The monoisotopic (exact) mass is 527 g/mol. The number of phenols is 1. The minimum absolute atomic E-state index is 0.0298. The Balaban J connectivity index is 1.33. The molecule has 1 heterocycles. The van der Waals surface area contributed by atoms with E-state index in [2.05, 4.69) is 29.6 Å². The highest BCUT2D eigenvalue weighted by Gasteiger charge is 2.52. The second kappa shape index (κ2) is 10.4. The number of methoxy groups -OCH3 is 1. The van der Waals surface area contributed by atoms with Crippen molar-refractivity contribution in [3.63, 3.8) is 0 Å². The van der Waals surface area contributed by atoms with Crippen LogP contribution < -0.4 is 10.1 Å². The molecule has 202 valence electrons. The van der Waals surface area contributed by atoms with Gasteiger partial charge in [0.15, 0.2) is 0 Å². The van der Waals surface area contributed by atoms with E-state index in [9.17, 15) is 9.90 Å². The van der Waals surface area contributed by atoms with E-state index in [0.717, 1.165) is 11.1 Å². The van der Waals surface area contributed by atoms with Crippen LogP contribution in [0.2, 0.25) is 0 Å². The summed E-state index contributed by atoms with van der Waals surface area (Å²) in [5, 5.41) is 12.9. The van der Waals surface area contributed by atoms with Crippen LogP contribution in [-0.4, -0.2) is 49.8 Å². The van der Waals surface area contributed by atoms with Crippen LogP contribution >= 0.6 is 0 Å². The van der Waals surface area contributed by atoms with E-state index < -0.39 is 24.4 Å². The normalized spacial score (nSPS) is 17.5. The Morgan fingerprint density at radius 2 is 1.56 bits per heavy atom. The van der Waals surface area contributed by atoms with Gasteiger partial charge in [0.1, 0.15) is 18.1 Å². The number of aromatic hydroxyl groups is 1. The molecule has 0 bridgehead atoms. The summed E-state index contributed by atoms with van der Waals surface area (Å²) < 4.78 is 23.7. The smallest absolute Gasteiger partial charge is 0.492 e. The van der Waals surface area contributed by atoms with Gasteiger partial charge < -0.3 is 29.2 Å². The molecule has 0 aromatic heterocycles. The van der Waals surface area contributed by atoms with Crippen LogP contribution in [0, 0.1) is 0 Å². The van der Waals surface area contributed by atoms with Crippen LogP contribution in [0.5, 0.6) is 11.5 Å². The van der Waals surface area contributed by atoms with Crippen LogP contribution in [0.1, 0.15) is 50.3 Å². The zero-order valence-electron chi connectivity index (χ0n) is 23.0. The van der Waals surface area contributed by atoms with Crippen molar-refractivity contribution < 1.29 is 28.7 Å². The molecule has 0 atom stereocenters. The number of rotatable bonds is 7. The van der Waals surface area contributed by atoms with Gasteiger partial charge in [0.25, 0.3) is 0 Å². The first-order valence-electron chi connectivity index (χ1n) is 13.1. The number of nitrogens with one attached hydrogen (secondary N) is 1. The second-order valence-corrected chi connectivity index (χ2v) is 10.9. The lowest BCUT2D eigenvalue weighted by Gasteiger charge is -2.32. The third-order valence-electron chi connectivity index (χ3n) is 7.89. The molecular weight excluding hydrogens is 493 g/mol. The Labute approximate surface area is 229 Å². The fraction of sp³-hybridized carbons (Fsp3) is 0.323. The van der Waals surface area contributed by atoms with Gasteiger partial charge in [-0.3, -0.25) is 0 Å². The molecule has 3 aromatic rings. The molecule has 2 aliphatic rings. The number of benzene rings is 3. The number of carbonyl (C=O) groups is 1. The topological polar surface area (TPSA) is 86.3 Å². The number of ether oxygens (including phenoxy) is 2. The Kier molecular flexibility index (Phi) is 7.18. The van der Waals surface area contributed by atoms with Crippen molar-refractivity contribution in [1.82, 2.24) is 5.32 Å². The highest BCUT2D eigenvalue weighted by atomic mass is 16.7. The molecule has 5 rings (SSSR count). The van der Waals surface area contributed by atoms with Crippen molar-refractivity contribution in [3.8, 4) is 22.6 Å². The predicted octanol–water partition coefficient (Wildman–Crippen LogP) is 5.95. The van der Waals surface area contributed by atoms with Crippen molar-refractivity contribution in [3.05, 3.63) is 88.9 Å². The molecule has 8 heteroatoms. The van der Waals surface area contributed by atoms with Gasteiger partial charge in [-0.05, 0) is 73.6 Å². The maximum atomic E-state index is 12.9. The molecule has 7 nitrogen and oxygen atoms in total. The van der Waals surface area contributed by atoms with Gasteiger partial charge in [0.2, 0.25) is 0 Å². The molecule has 39 heavy (non-hydrogen) atoms. The first-order valence-corrected chi connectivity index (χ1v) is 13.1. The van der Waals surface area contributed by atoms with E-state index in [0.29, 0.717) is 16.8 Å². The zero-order valence-corrected chi connectivity index (χ0v) is 23.0. The summed E-state index contributed by atoms with van der Waals surface area (Å²) >= 11 is 0. The number of alkyl carbamates (subject to hydrolysis) is 1. The van der Waals surface area contributed by atoms with Crippen molar-refractivity contribution in [2.24, 2.45) is 0 Å². The Bertz CT molecular complexity index is 1350. The Morgan fingerprint density at radius 1 is 0.974 bits per heavy atom. The highest BCUT2D eigenvalue weighted by molar-refractivity contribution is 6.56. The number of hydrogen-bond donors (Lipinski definition) is 2. The molecule has 1 fully saturated rings. The van der Waals surface area contributed by atoms with Gasteiger partial charge in [-0.25, -0.2) is 4.79 Å². The van der Waals surface area contributed by atoms with Gasteiger partial charge >= 0.3 is 13.2 Å². The van der Waals surface area contributed by atoms with E-state index in [1.165, 1.54) is 11.1 Å². The molecule has 1 amide bonds. The highest BCUT2D eigenvalue weighted by Crippen LogP contribution is 2.44. The van der Waals surface area contributed by atoms with Gasteiger partial charge in [0.05, 0.1) is 18.3 Å². The lowest BCUT2D eigenvalue weighted by molar-refractivity contribution is 0.00578. The Hall–Kier alpha value is -3.75. The third kappa shape index (κ3) is 5.27. The molecule has 1 aliphatic heterocycles. The number of hydrogen-bond acceptors (Lipinski definition) is 6. The minimum Gasteiger partial charge on any atom is -0.508 e. The molecular formula is C31H34BNO6. The van der Waals surface area contributed by atoms with Crippen LogP contribution in [0.3, 0.4) is 0 Å². The van der Waals surface area contributed by atoms with Crippen molar-refractivity contribution in [1.29, 1.82) is 0 Å². The second-order valence-electron chi connectivity index (χ2n) is 10.9. The molecule has 2 N–H and O–H groups in total. The lowest BCUT2D eigenvalue weighted by atomic mass is 9.77. The maximum absolute atomic E-state index is 12.9. The summed E-state index contributed by atoms with van der Waals surface area (Å²) in [4.78, 5) is 12.9. The fourth-order valence-electron chi connectivity index (χ4n) is 5.05. The standard InChI is InChI=1S/C31H34BNO6/c1-30(2)31(3,4)39-32(38-30)21(16-20-17-22(34)14-15-28(20)36-5)18-33-29(35)37-19-27-25-12-8-6-10-23(25)24-11-7-9-13-26(24)27/h6-17,27,34H,18-19H2,1-5H3,(H,33,35). The van der Waals surface area contributed by atoms with E-state index >= 15 is 0 Å². The van der Waals surface area contributed by atoms with E-state index in [1.54, 1.807) is 25.3 Å². The first kappa shape index (κ1) is 26.8. The molecule has 0 unspecified atom stereocenters. The van der Waals surface area contributed by atoms with Gasteiger partial charge in [-0.15, -0.1) is 0 Å². The summed E-state index contributed by atoms with van der Waals surface area (Å²) in [5.41, 5.74) is 4.82. The summed E-state index contributed by atoms with van der Waals surface area (Å²) in [6.45, 7) is 8.22. The summed E-state index contributed by atoms with van der Waals surface area (Å²) in [6.07, 6.45) is 1.27. The van der Waals surface area contributed by atoms with Gasteiger partial charge in [-0.2, -0.15) is 0 Å². The molecule has 0 saturated carbocycles. The maximum Gasteiger partial charge on any atom is 0.492 e. The van der Waals surface area contributed by atoms with Crippen molar-refractivity contribution >= 4 is 19.3 Å². The largest absolute Gasteiger partial charge is 0.508 e. The molecule has 3 aromatic carbocycles. The van der Waals surface area contributed by atoms with E-state index in [1.807, 2.05) is 58.0 Å². The average molecular weight is 527 g/mol. The quantitative estimate of drug-likeness (QED) is 0.369. The van der Waals surface area contributed by atoms with Crippen LogP contribution in [0.25, 0.3) is 17.2 Å². The third-order valence-corrected chi connectivity index (χ3v) is 7.89. The number of fused-ring (bicyclic) bond motifs is 3. The van der Waals surface area contributed by atoms with Gasteiger partial charge in [-0.1, -0.05) is 54.6 Å². The van der Waals surface area contributed by atoms with Crippen LogP contribution in [0.4, 0.5) is 4.79 Å². The predicted molar refractivity (Wildman–Crippen MR) is 152 cm³/mol. The summed E-state index contributed by atoms with van der Waals surface area (Å²) in [7, 11) is 0.851. The van der Waals surface area contributed by atoms with Crippen LogP contribution in [-0.2, 0) is 14.0 Å². The number of phenolic OH excluding ortho intramolecular Hbond substituents is 1. The number of amides is 1. The molecule has 1 aliphatic carbocycles. The molecule has 1 saturated heterocycles. The van der Waals surface area contributed by atoms with Crippen molar-refractivity contribution in [2.75, 3.05) is 20.3 Å². The van der Waals surface area contributed by atoms with Gasteiger partial charge in [0, 0.05) is 18.0 Å². The summed E-state index contributed by atoms with van der Waals surface area (Å²) in [6, 6.07) is 21.3. The lowest BCUT2D eigenvalue weighted by Crippen LogP contribution is -2.41. The molecule has 0 radical (unpaired) electrons. The SMILES string of the molecule is COc1ccc(O)cc1C=C(CNC(=O)OCC1c2ccccc2-c2ccccc21)B1OC(C)(C)C(C)(C)O1. The zero-order chi connectivity index (χ0) is 27.8. The first-order chi connectivity index (χ1) is 18.6. The minimum atomic E-state index is -0.712. The Morgan fingerprint density at radius 3 is 2.15 bits per heavy atom. The average Bonchev–Trinajstić information content (AvgIpc) is 3.34. The molecule has 0 spiro atoms. The fourth-order valence-corrected chi connectivity index (χ4v) is 5.05.